The number of benzene rings is 1. The molecule has 1 unspecified atom stereocenters. The van der Waals surface area contributed by atoms with Gasteiger partial charge >= 0.3 is 0 Å². The number of carbonyl (C=O) groups excluding carboxylic acids is 1. The van der Waals surface area contributed by atoms with Gasteiger partial charge in [0.1, 0.15) is 14.2 Å². The summed E-state index contributed by atoms with van der Waals surface area (Å²) in [6.07, 6.45) is -0.279. The number of rotatable bonds is 4. The second kappa shape index (κ2) is 9.63. The molecule has 3 nitrogen and oxygen atoms in total. The van der Waals surface area contributed by atoms with Crippen molar-refractivity contribution in [3.63, 3.8) is 0 Å². The second-order valence-electron chi connectivity index (χ2n) is 6.78. The SMILES string of the molecule is C=C(Br)Cc1ccccc1C(O)C#CCN(C)C(=O)C#C[Si](C)(C)C. The molecule has 0 bridgehead atoms. The van der Waals surface area contributed by atoms with Gasteiger partial charge in [0.2, 0.25) is 0 Å². The topological polar surface area (TPSA) is 40.5 Å². The molecule has 1 rings (SSSR count). The molecule has 0 heterocycles. The largest absolute Gasteiger partial charge is 0.376 e. The minimum Gasteiger partial charge on any atom is -0.376 e. The van der Waals surface area contributed by atoms with Crippen molar-refractivity contribution in [3.8, 4) is 23.3 Å². The van der Waals surface area contributed by atoms with Gasteiger partial charge in [0, 0.05) is 13.5 Å². The zero-order valence-electron chi connectivity index (χ0n) is 15.2. The summed E-state index contributed by atoms with van der Waals surface area (Å²) in [6, 6.07) is 7.56. The molecule has 0 aliphatic carbocycles. The molecule has 1 N–H and O–H groups in total. The Balaban J connectivity index is 2.76. The molecule has 1 aromatic carbocycles. The average Bonchev–Trinajstić information content (AvgIpc) is 2.51. The summed E-state index contributed by atoms with van der Waals surface area (Å²) in [5.74, 6) is 8.08. The first-order chi connectivity index (χ1) is 11.6. The Hall–Kier alpha value is -1.79. The van der Waals surface area contributed by atoms with Gasteiger partial charge in [-0.3, -0.25) is 4.79 Å². The fraction of sp³-hybridized carbons (Fsp3) is 0.350. The van der Waals surface area contributed by atoms with Crippen molar-refractivity contribution in [2.24, 2.45) is 0 Å². The van der Waals surface area contributed by atoms with E-state index in [0.717, 1.165) is 15.6 Å². The fourth-order valence-electron chi connectivity index (χ4n) is 1.92. The third kappa shape index (κ3) is 8.22. The van der Waals surface area contributed by atoms with Gasteiger partial charge in [0.25, 0.3) is 5.91 Å². The average molecular weight is 418 g/mol. The summed E-state index contributed by atoms with van der Waals surface area (Å²) in [5.41, 5.74) is 4.76. The van der Waals surface area contributed by atoms with Crippen LogP contribution in [0.25, 0.3) is 0 Å². The summed E-state index contributed by atoms with van der Waals surface area (Å²) in [6.45, 7) is 10.3. The summed E-state index contributed by atoms with van der Waals surface area (Å²) in [5, 5.41) is 10.3. The molecule has 25 heavy (non-hydrogen) atoms. The minimum atomic E-state index is -1.57. The zero-order valence-corrected chi connectivity index (χ0v) is 17.8. The highest BCUT2D eigenvalue weighted by molar-refractivity contribution is 9.11. The number of carbonyl (C=O) groups is 1. The second-order valence-corrected chi connectivity index (χ2v) is 12.6. The van der Waals surface area contributed by atoms with Gasteiger partial charge in [0.15, 0.2) is 0 Å². The monoisotopic (exact) mass is 417 g/mol. The molecule has 0 saturated heterocycles. The number of nitrogens with zero attached hydrogens (tertiary/aromatic N) is 1. The highest BCUT2D eigenvalue weighted by Crippen LogP contribution is 2.21. The van der Waals surface area contributed by atoms with E-state index < -0.39 is 14.2 Å². The molecule has 5 heteroatoms. The Morgan fingerprint density at radius 2 is 2.00 bits per heavy atom. The number of allylic oxidation sites excluding steroid dienone is 1. The smallest absolute Gasteiger partial charge is 0.298 e. The first kappa shape index (κ1) is 21.2. The van der Waals surface area contributed by atoms with E-state index >= 15 is 0 Å². The van der Waals surface area contributed by atoms with Crippen molar-refractivity contribution in [1.29, 1.82) is 0 Å². The highest BCUT2D eigenvalue weighted by Gasteiger charge is 2.11. The van der Waals surface area contributed by atoms with E-state index in [2.05, 4.69) is 65.5 Å². The molecule has 0 radical (unpaired) electrons. The summed E-state index contributed by atoms with van der Waals surface area (Å²) in [4.78, 5) is 13.4. The lowest BCUT2D eigenvalue weighted by molar-refractivity contribution is -0.123. The molecular weight excluding hydrogens is 394 g/mol. The van der Waals surface area contributed by atoms with E-state index in [1.54, 1.807) is 7.05 Å². The van der Waals surface area contributed by atoms with Crippen molar-refractivity contribution in [3.05, 3.63) is 46.5 Å². The lowest BCUT2D eigenvalue weighted by Crippen LogP contribution is -2.26. The summed E-state index contributed by atoms with van der Waals surface area (Å²) < 4.78 is 0.839. The quantitative estimate of drug-likeness (QED) is 0.601. The first-order valence-electron chi connectivity index (χ1n) is 7.96. The third-order valence-corrected chi connectivity index (χ3v) is 4.33. The lowest BCUT2D eigenvalue weighted by atomic mass is 10.00. The minimum absolute atomic E-state index is 0.226. The molecule has 1 atom stereocenters. The standard InChI is InChI=1S/C20H24BrNO2Si/c1-16(21)15-17-9-6-7-10-18(17)19(23)11-8-13-22(2)20(24)12-14-25(3,4)5/h6-7,9-10,19,23H,1,13,15H2,2-5H3. The molecule has 0 aliphatic heterocycles. The number of aliphatic hydroxyl groups excluding tert-OH is 1. The van der Waals surface area contributed by atoms with Crippen LogP contribution in [0, 0.1) is 23.3 Å². The Kier molecular flexibility index (Phi) is 8.18. The maximum Gasteiger partial charge on any atom is 0.298 e. The highest BCUT2D eigenvalue weighted by atomic mass is 79.9. The van der Waals surface area contributed by atoms with Crippen molar-refractivity contribution in [2.75, 3.05) is 13.6 Å². The molecule has 132 valence electrons. The Morgan fingerprint density at radius 1 is 1.36 bits per heavy atom. The van der Waals surface area contributed by atoms with Crippen LogP contribution in [-0.4, -0.2) is 37.6 Å². The predicted octanol–water partition coefficient (Wildman–Crippen LogP) is 3.51. The van der Waals surface area contributed by atoms with E-state index in [0.29, 0.717) is 6.42 Å². The van der Waals surface area contributed by atoms with E-state index in [-0.39, 0.29) is 12.5 Å². The maximum absolute atomic E-state index is 11.9. The maximum atomic E-state index is 11.9. The molecule has 0 saturated carbocycles. The summed E-state index contributed by atoms with van der Waals surface area (Å²) >= 11 is 3.34. The van der Waals surface area contributed by atoms with Crippen LogP contribution in [0.2, 0.25) is 19.6 Å². The van der Waals surface area contributed by atoms with Crippen molar-refractivity contribution >= 4 is 29.9 Å². The molecular formula is C20H24BrNO2Si. The number of hydrogen-bond acceptors (Lipinski definition) is 2. The van der Waals surface area contributed by atoms with Crippen LogP contribution in [0.4, 0.5) is 0 Å². The van der Waals surface area contributed by atoms with Crippen molar-refractivity contribution in [1.82, 2.24) is 4.90 Å². The first-order valence-corrected chi connectivity index (χ1v) is 12.3. The van der Waals surface area contributed by atoms with Gasteiger partial charge in [-0.1, -0.05) is 78.3 Å². The lowest BCUT2D eigenvalue weighted by Gasteiger charge is -2.12. The number of amides is 1. The van der Waals surface area contributed by atoms with Gasteiger partial charge in [0.05, 0.1) is 6.54 Å². The fourth-order valence-corrected chi connectivity index (χ4v) is 2.70. The van der Waals surface area contributed by atoms with Crippen LogP contribution >= 0.6 is 15.9 Å². The van der Waals surface area contributed by atoms with E-state index in [1.165, 1.54) is 4.90 Å². The van der Waals surface area contributed by atoms with Crippen LogP contribution < -0.4 is 0 Å². The summed E-state index contributed by atoms with van der Waals surface area (Å²) in [7, 11) is 0.0832. The van der Waals surface area contributed by atoms with Crippen LogP contribution in [0.5, 0.6) is 0 Å². The van der Waals surface area contributed by atoms with Crippen LogP contribution in [-0.2, 0) is 11.2 Å². The number of hydrogen-bond donors (Lipinski definition) is 1. The predicted molar refractivity (Wildman–Crippen MR) is 110 cm³/mol. The normalized spacial score (nSPS) is 11.4. The zero-order chi connectivity index (χ0) is 19.0. The molecule has 0 aliphatic rings. The Bertz CT molecular complexity index is 760. The van der Waals surface area contributed by atoms with Crippen LogP contribution in [0.1, 0.15) is 17.2 Å². The van der Waals surface area contributed by atoms with E-state index in [9.17, 15) is 9.90 Å². The van der Waals surface area contributed by atoms with E-state index in [4.69, 9.17) is 0 Å². The number of aliphatic hydroxyl groups is 1. The van der Waals surface area contributed by atoms with Gasteiger partial charge in [-0.05, 0) is 21.5 Å². The van der Waals surface area contributed by atoms with Crippen LogP contribution in [0.3, 0.4) is 0 Å². The van der Waals surface area contributed by atoms with Gasteiger partial charge in [-0.2, -0.15) is 0 Å². The Labute approximate surface area is 160 Å². The molecule has 0 fully saturated rings. The van der Waals surface area contributed by atoms with Gasteiger partial charge < -0.3 is 10.0 Å². The molecule has 1 amide bonds. The Morgan fingerprint density at radius 3 is 2.60 bits per heavy atom. The van der Waals surface area contributed by atoms with Gasteiger partial charge in [-0.25, -0.2) is 0 Å². The third-order valence-electron chi connectivity index (χ3n) is 3.18. The van der Waals surface area contributed by atoms with Crippen LogP contribution in [0.15, 0.2) is 35.3 Å². The van der Waals surface area contributed by atoms with Crippen molar-refractivity contribution in [2.45, 2.75) is 32.2 Å². The van der Waals surface area contributed by atoms with Gasteiger partial charge in [-0.15, -0.1) is 5.54 Å². The molecule has 0 spiro atoms. The van der Waals surface area contributed by atoms with E-state index in [1.807, 2.05) is 24.3 Å². The number of halogens is 1. The van der Waals surface area contributed by atoms with Crippen molar-refractivity contribution < 1.29 is 9.90 Å². The molecule has 1 aromatic rings. The molecule has 0 aromatic heterocycles.